The lowest BCUT2D eigenvalue weighted by atomic mass is 10.2. The highest BCUT2D eigenvalue weighted by Crippen LogP contribution is 2.28. The van der Waals surface area contributed by atoms with Gasteiger partial charge in [0.15, 0.2) is 0 Å². The van der Waals surface area contributed by atoms with Gasteiger partial charge in [-0.3, -0.25) is 9.59 Å². The van der Waals surface area contributed by atoms with E-state index in [9.17, 15) is 14.0 Å². The van der Waals surface area contributed by atoms with Gasteiger partial charge in [0.25, 0.3) is 0 Å². The Morgan fingerprint density at radius 1 is 0.742 bits per heavy atom. The van der Waals surface area contributed by atoms with Crippen LogP contribution in [0.1, 0.15) is 0 Å². The lowest BCUT2D eigenvalue weighted by molar-refractivity contribution is -0.152. The van der Waals surface area contributed by atoms with Crippen molar-refractivity contribution in [2.75, 3.05) is 69.3 Å². The second-order valence-electron chi connectivity index (χ2n) is 7.71. The van der Waals surface area contributed by atoms with Crippen molar-refractivity contribution in [3.05, 3.63) is 54.3 Å². The number of halogens is 1. The molecule has 2 aliphatic rings. The first-order valence-electron chi connectivity index (χ1n) is 10.5. The van der Waals surface area contributed by atoms with E-state index in [0.717, 1.165) is 17.1 Å². The Hall–Kier alpha value is -3.29. The molecule has 2 amide bonds. The molecule has 2 aromatic rings. The molecule has 31 heavy (non-hydrogen) atoms. The summed E-state index contributed by atoms with van der Waals surface area (Å²) in [5, 5.41) is 0. The maximum Gasteiger partial charge on any atom is 0.312 e. The van der Waals surface area contributed by atoms with E-state index >= 15 is 0 Å². The number of carbonyl (C=O) groups is 2. The molecular formula is C23H27FN4O3. The number of ether oxygens (including phenoxy) is 1. The van der Waals surface area contributed by atoms with Crippen molar-refractivity contribution >= 4 is 23.2 Å². The lowest BCUT2D eigenvalue weighted by Crippen LogP contribution is -2.56. The second kappa shape index (κ2) is 9.24. The molecule has 0 unspecified atom stereocenters. The molecule has 2 fully saturated rings. The average Bonchev–Trinajstić information content (AvgIpc) is 2.84. The van der Waals surface area contributed by atoms with E-state index in [1.165, 1.54) is 12.1 Å². The Labute approximate surface area is 181 Å². The van der Waals surface area contributed by atoms with E-state index in [4.69, 9.17) is 4.74 Å². The summed E-state index contributed by atoms with van der Waals surface area (Å²) < 4.78 is 18.6. The number of hydrogen-bond acceptors (Lipinski definition) is 5. The highest BCUT2D eigenvalue weighted by molar-refractivity contribution is 6.35. The molecule has 2 aromatic carbocycles. The van der Waals surface area contributed by atoms with E-state index in [1.807, 2.05) is 24.3 Å². The molecule has 0 spiro atoms. The summed E-state index contributed by atoms with van der Waals surface area (Å²) in [6.07, 6.45) is 0. The van der Waals surface area contributed by atoms with Crippen molar-refractivity contribution in [2.24, 2.45) is 0 Å². The van der Waals surface area contributed by atoms with Gasteiger partial charge in [0.1, 0.15) is 11.6 Å². The topological polar surface area (TPSA) is 56.3 Å². The number of anilines is 2. The number of benzene rings is 2. The van der Waals surface area contributed by atoms with Gasteiger partial charge in [0.2, 0.25) is 0 Å². The molecular weight excluding hydrogens is 399 g/mol. The summed E-state index contributed by atoms with van der Waals surface area (Å²) in [5.74, 6) is -0.342. The Morgan fingerprint density at radius 2 is 1.26 bits per heavy atom. The maximum absolute atomic E-state index is 13.1. The van der Waals surface area contributed by atoms with Crippen LogP contribution in [0.3, 0.4) is 0 Å². The van der Waals surface area contributed by atoms with Crippen molar-refractivity contribution in [1.29, 1.82) is 0 Å². The van der Waals surface area contributed by atoms with Gasteiger partial charge in [0.05, 0.1) is 12.8 Å². The zero-order valence-corrected chi connectivity index (χ0v) is 17.7. The van der Waals surface area contributed by atoms with Crippen molar-refractivity contribution in [1.82, 2.24) is 9.80 Å². The first-order chi connectivity index (χ1) is 15.1. The van der Waals surface area contributed by atoms with Crippen LogP contribution in [-0.2, 0) is 9.59 Å². The number of amides is 2. The van der Waals surface area contributed by atoms with Crippen molar-refractivity contribution in [2.45, 2.75) is 0 Å². The number of methoxy groups -OCH3 is 1. The van der Waals surface area contributed by atoms with Crippen molar-refractivity contribution < 1.29 is 18.7 Å². The van der Waals surface area contributed by atoms with Gasteiger partial charge in [-0.05, 0) is 36.4 Å². The highest BCUT2D eigenvalue weighted by Gasteiger charge is 2.31. The van der Waals surface area contributed by atoms with Gasteiger partial charge in [-0.1, -0.05) is 12.1 Å². The molecule has 7 nitrogen and oxygen atoms in total. The zero-order chi connectivity index (χ0) is 21.8. The number of nitrogens with zero attached hydrogens (tertiary/aromatic N) is 4. The van der Waals surface area contributed by atoms with Crippen LogP contribution in [0.5, 0.6) is 5.75 Å². The quantitative estimate of drug-likeness (QED) is 0.701. The first-order valence-corrected chi connectivity index (χ1v) is 10.5. The predicted octanol–water partition coefficient (Wildman–Crippen LogP) is 1.83. The third-order valence-electron chi connectivity index (χ3n) is 5.93. The predicted molar refractivity (Wildman–Crippen MR) is 117 cm³/mol. The Morgan fingerprint density at radius 3 is 1.81 bits per heavy atom. The molecule has 0 bridgehead atoms. The number of carbonyl (C=O) groups excluding carboxylic acids is 2. The van der Waals surface area contributed by atoms with Gasteiger partial charge in [-0.2, -0.15) is 0 Å². The molecule has 4 rings (SSSR count). The van der Waals surface area contributed by atoms with Gasteiger partial charge in [-0.15, -0.1) is 0 Å². The summed E-state index contributed by atoms with van der Waals surface area (Å²) in [6, 6.07) is 14.1. The van der Waals surface area contributed by atoms with E-state index < -0.39 is 11.8 Å². The Kier molecular flexibility index (Phi) is 6.25. The van der Waals surface area contributed by atoms with Gasteiger partial charge in [0, 0.05) is 58.0 Å². The van der Waals surface area contributed by atoms with E-state index in [0.29, 0.717) is 52.4 Å². The van der Waals surface area contributed by atoms with E-state index in [-0.39, 0.29) is 5.82 Å². The molecule has 0 radical (unpaired) electrons. The van der Waals surface area contributed by atoms with Gasteiger partial charge >= 0.3 is 11.8 Å². The van der Waals surface area contributed by atoms with Crippen LogP contribution >= 0.6 is 0 Å². The van der Waals surface area contributed by atoms with Crippen molar-refractivity contribution in [3.63, 3.8) is 0 Å². The second-order valence-corrected chi connectivity index (χ2v) is 7.71. The average molecular weight is 426 g/mol. The first kappa shape index (κ1) is 21.0. The molecule has 0 aromatic heterocycles. The summed E-state index contributed by atoms with van der Waals surface area (Å²) >= 11 is 0. The van der Waals surface area contributed by atoms with E-state index in [1.54, 1.807) is 29.0 Å². The Balaban J connectivity index is 1.29. The standard InChI is InChI=1S/C23H27FN4O3/c1-31-21-5-3-2-4-20(21)26-12-16-28(17-13-26)23(30)22(29)27-14-10-25(11-15-27)19-8-6-18(24)7-9-19/h2-9H,10-17H2,1H3. The van der Waals surface area contributed by atoms with Crippen LogP contribution in [0.4, 0.5) is 15.8 Å². The molecule has 164 valence electrons. The summed E-state index contributed by atoms with van der Waals surface area (Å²) in [4.78, 5) is 33.1. The number of para-hydroxylation sites is 2. The van der Waals surface area contributed by atoms with Gasteiger partial charge < -0.3 is 24.3 Å². The smallest absolute Gasteiger partial charge is 0.312 e. The minimum absolute atomic E-state index is 0.269. The minimum Gasteiger partial charge on any atom is -0.495 e. The number of piperazine rings is 2. The lowest BCUT2D eigenvalue weighted by Gasteiger charge is -2.39. The molecule has 0 aliphatic carbocycles. The van der Waals surface area contributed by atoms with Gasteiger partial charge in [-0.25, -0.2) is 4.39 Å². The molecule has 2 heterocycles. The Bertz CT molecular complexity index is 921. The van der Waals surface area contributed by atoms with Crippen LogP contribution in [0, 0.1) is 5.82 Å². The third kappa shape index (κ3) is 4.57. The SMILES string of the molecule is COc1ccccc1N1CCN(C(=O)C(=O)N2CCN(c3ccc(F)cc3)CC2)CC1. The fourth-order valence-electron chi connectivity index (χ4n) is 4.13. The van der Waals surface area contributed by atoms with Crippen LogP contribution in [0.25, 0.3) is 0 Å². The van der Waals surface area contributed by atoms with Crippen LogP contribution in [-0.4, -0.2) is 81.1 Å². The number of hydrogen-bond donors (Lipinski definition) is 0. The molecule has 0 saturated carbocycles. The summed E-state index contributed by atoms with van der Waals surface area (Å²) in [5.41, 5.74) is 1.92. The molecule has 0 N–H and O–H groups in total. The molecule has 2 aliphatic heterocycles. The normalized spacial score (nSPS) is 17.0. The molecule has 0 atom stereocenters. The summed E-state index contributed by atoms with van der Waals surface area (Å²) in [6.45, 7) is 4.48. The zero-order valence-electron chi connectivity index (χ0n) is 17.7. The van der Waals surface area contributed by atoms with Crippen LogP contribution in [0.2, 0.25) is 0 Å². The molecule has 2 saturated heterocycles. The largest absolute Gasteiger partial charge is 0.495 e. The third-order valence-corrected chi connectivity index (χ3v) is 5.93. The fraction of sp³-hybridized carbons (Fsp3) is 0.391. The number of rotatable bonds is 3. The maximum atomic E-state index is 13.1. The van der Waals surface area contributed by atoms with Crippen molar-refractivity contribution in [3.8, 4) is 5.75 Å². The monoisotopic (exact) mass is 426 g/mol. The summed E-state index contributed by atoms with van der Waals surface area (Å²) in [7, 11) is 1.65. The fourth-order valence-corrected chi connectivity index (χ4v) is 4.13. The highest BCUT2D eigenvalue weighted by atomic mass is 19.1. The molecule has 8 heteroatoms. The van der Waals surface area contributed by atoms with Crippen LogP contribution < -0.4 is 14.5 Å². The minimum atomic E-state index is -0.440. The van der Waals surface area contributed by atoms with Crippen LogP contribution in [0.15, 0.2) is 48.5 Å². The van der Waals surface area contributed by atoms with E-state index in [2.05, 4.69) is 9.80 Å².